The maximum Gasteiger partial charge on any atom is 0.0620 e. The third kappa shape index (κ3) is 3.92. The van der Waals surface area contributed by atoms with Crippen molar-refractivity contribution in [3.05, 3.63) is 22.4 Å². The third-order valence-corrected chi connectivity index (χ3v) is 3.02. The van der Waals surface area contributed by atoms with Crippen molar-refractivity contribution in [3.8, 4) is 0 Å². The second-order valence-electron chi connectivity index (χ2n) is 1.31. The quantitative estimate of drug-likeness (QED) is 0.627. The van der Waals surface area contributed by atoms with Crippen LogP contribution in [0.5, 0.6) is 0 Å². The molecule has 54 valence electrons. The normalized spacial score (nSPS) is 14.4. The molecule has 10 heavy (non-hydrogen) atoms. The molecule has 0 bridgehead atoms. The van der Waals surface area contributed by atoms with E-state index in [2.05, 4.69) is 20.4 Å². The molecule has 0 fully saturated rings. The highest BCUT2D eigenvalue weighted by atomic mass is 32.2. The van der Waals surface area contributed by atoms with Gasteiger partial charge in [-0.2, -0.15) is 0 Å². The lowest BCUT2D eigenvalue weighted by atomic mass is 11.1. The van der Waals surface area contributed by atoms with Gasteiger partial charge in [0.2, 0.25) is 0 Å². The Morgan fingerprint density at radius 2 is 2.00 bits per heavy atom. The molecule has 0 atom stereocenters. The van der Waals surface area contributed by atoms with Crippen LogP contribution in [-0.2, 0) is 0 Å². The number of hydrogen-bond donors (Lipinski definition) is 0. The van der Waals surface area contributed by atoms with E-state index in [4.69, 9.17) is 0 Å². The summed E-state index contributed by atoms with van der Waals surface area (Å²) in [5.74, 6) is 0. The number of thioether (sulfide) groups is 2. The Labute approximate surface area is 72.3 Å². The highest BCUT2D eigenvalue weighted by Crippen LogP contribution is 2.22. The average Bonchev–Trinajstić information content (AvgIpc) is 2.67. The van der Waals surface area contributed by atoms with Crippen molar-refractivity contribution in [1.29, 1.82) is 0 Å². The summed E-state index contributed by atoms with van der Waals surface area (Å²) in [6, 6.07) is 0. The Hall–Kier alpha value is -0.000000000000000111. The standard InChI is InChI=1S/C3H4S2.C2H2N2S/c1-2-5-3-4-1;1-2-5-4-3-1/h1-2H,3H2;1-2H. The van der Waals surface area contributed by atoms with Crippen LogP contribution in [-0.4, -0.2) is 14.7 Å². The summed E-state index contributed by atoms with van der Waals surface area (Å²) in [6.07, 6.45) is 1.66. The highest BCUT2D eigenvalue weighted by molar-refractivity contribution is 8.21. The van der Waals surface area contributed by atoms with Crippen LogP contribution in [0.15, 0.2) is 22.4 Å². The zero-order valence-electron chi connectivity index (χ0n) is 5.14. The molecular weight excluding hydrogens is 184 g/mol. The van der Waals surface area contributed by atoms with Crippen LogP contribution in [0.3, 0.4) is 0 Å². The van der Waals surface area contributed by atoms with Gasteiger partial charge < -0.3 is 0 Å². The third-order valence-electron chi connectivity index (χ3n) is 0.667. The van der Waals surface area contributed by atoms with Crippen molar-refractivity contribution in [2.45, 2.75) is 0 Å². The first-order chi connectivity index (χ1) is 5.00. The van der Waals surface area contributed by atoms with Gasteiger partial charge in [-0.15, -0.1) is 28.6 Å². The Balaban J connectivity index is 0.0000001000. The van der Waals surface area contributed by atoms with E-state index < -0.39 is 0 Å². The SMILES string of the molecule is C1=CSCS1.c1csnn1. The monoisotopic (exact) mass is 190 g/mol. The van der Waals surface area contributed by atoms with E-state index in [9.17, 15) is 0 Å². The zero-order valence-corrected chi connectivity index (χ0v) is 7.59. The van der Waals surface area contributed by atoms with Crippen LogP contribution < -0.4 is 0 Å². The van der Waals surface area contributed by atoms with E-state index in [0.717, 1.165) is 0 Å². The second kappa shape index (κ2) is 5.76. The largest absolute Gasteiger partial charge is 0.147 e. The topological polar surface area (TPSA) is 25.8 Å². The first-order valence-corrected chi connectivity index (χ1v) is 5.53. The van der Waals surface area contributed by atoms with Crippen molar-refractivity contribution in [3.63, 3.8) is 0 Å². The van der Waals surface area contributed by atoms with Crippen LogP contribution in [0.2, 0.25) is 0 Å². The van der Waals surface area contributed by atoms with Crippen molar-refractivity contribution in [1.82, 2.24) is 9.59 Å². The Morgan fingerprint density at radius 3 is 2.20 bits per heavy atom. The first kappa shape index (κ1) is 8.10. The van der Waals surface area contributed by atoms with E-state index in [1.54, 1.807) is 6.20 Å². The molecule has 1 aliphatic rings. The Kier molecular flexibility index (Phi) is 4.67. The first-order valence-electron chi connectivity index (χ1n) is 2.59. The molecule has 0 aromatic carbocycles. The van der Waals surface area contributed by atoms with Crippen LogP contribution in [0, 0.1) is 0 Å². The molecule has 0 spiro atoms. The van der Waals surface area contributed by atoms with Crippen molar-refractivity contribution < 1.29 is 0 Å². The van der Waals surface area contributed by atoms with Gasteiger partial charge in [0.1, 0.15) is 0 Å². The summed E-state index contributed by atoms with van der Waals surface area (Å²) in [6.45, 7) is 0. The average molecular weight is 190 g/mol. The molecule has 0 radical (unpaired) electrons. The molecule has 0 saturated carbocycles. The minimum absolute atomic E-state index is 1.22. The van der Waals surface area contributed by atoms with E-state index in [0.29, 0.717) is 0 Å². The summed E-state index contributed by atoms with van der Waals surface area (Å²) >= 11 is 5.06. The molecule has 1 aromatic heterocycles. The fourth-order valence-electron chi connectivity index (χ4n) is 0.333. The van der Waals surface area contributed by atoms with E-state index in [1.165, 1.54) is 16.6 Å². The predicted octanol–water partition coefficient (Wildman–Crippen LogP) is 2.43. The summed E-state index contributed by atoms with van der Waals surface area (Å²) < 4.78 is 3.51. The van der Waals surface area contributed by atoms with Gasteiger partial charge in [-0.1, -0.05) is 4.49 Å². The van der Waals surface area contributed by atoms with Crippen molar-refractivity contribution in [2.75, 3.05) is 5.08 Å². The Bertz CT molecular complexity index is 150. The van der Waals surface area contributed by atoms with Crippen LogP contribution in [0.4, 0.5) is 0 Å². The van der Waals surface area contributed by atoms with Gasteiger partial charge >= 0.3 is 0 Å². The zero-order chi connectivity index (χ0) is 7.07. The minimum atomic E-state index is 1.22. The molecule has 0 unspecified atom stereocenters. The summed E-state index contributed by atoms with van der Waals surface area (Å²) in [5.41, 5.74) is 0. The van der Waals surface area contributed by atoms with Crippen molar-refractivity contribution in [2.24, 2.45) is 0 Å². The smallest absolute Gasteiger partial charge is 0.0620 e. The van der Waals surface area contributed by atoms with E-state index >= 15 is 0 Å². The summed E-state index contributed by atoms with van der Waals surface area (Å²) in [7, 11) is 0. The Morgan fingerprint density at radius 1 is 1.20 bits per heavy atom. The molecule has 1 aliphatic heterocycles. The molecule has 0 N–H and O–H groups in total. The van der Waals surface area contributed by atoms with Gasteiger partial charge in [-0.3, -0.25) is 0 Å². The lowest BCUT2D eigenvalue weighted by Gasteiger charge is -1.69. The molecule has 5 heteroatoms. The molecular formula is C5H6N2S3. The molecule has 0 saturated heterocycles. The minimum Gasteiger partial charge on any atom is -0.147 e. The van der Waals surface area contributed by atoms with Crippen LogP contribution >= 0.6 is 35.1 Å². The summed E-state index contributed by atoms with van der Waals surface area (Å²) in [5, 5.41) is 10.8. The number of hydrogen-bond acceptors (Lipinski definition) is 5. The van der Waals surface area contributed by atoms with Gasteiger partial charge in [0.15, 0.2) is 0 Å². The fraction of sp³-hybridized carbons (Fsp3) is 0.200. The van der Waals surface area contributed by atoms with Crippen molar-refractivity contribution >= 4 is 35.1 Å². The fourth-order valence-corrected chi connectivity index (χ4v) is 2.18. The molecule has 1 aromatic rings. The number of nitrogens with zero attached hydrogens (tertiary/aromatic N) is 2. The molecule has 0 aliphatic carbocycles. The van der Waals surface area contributed by atoms with Gasteiger partial charge in [0.25, 0.3) is 0 Å². The van der Waals surface area contributed by atoms with Crippen LogP contribution in [0.25, 0.3) is 0 Å². The van der Waals surface area contributed by atoms with Gasteiger partial charge in [0.05, 0.1) is 6.20 Å². The highest BCUT2D eigenvalue weighted by Gasteiger charge is 1.85. The van der Waals surface area contributed by atoms with E-state index in [1.807, 2.05) is 28.9 Å². The van der Waals surface area contributed by atoms with Crippen LogP contribution in [0.1, 0.15) is 0 Å². The maximum atomic E-state index is 3.51. The van der Waals surface area contributed by atoms with E-state index in [-0.39, 0.29) is 0 Å². The lowest BCUT2D eigenvalue weighted by Crippen LogP contribution is -1.51. The second-order valence-corrected chi connectivity index (χ2v) is 4.11. The van der Waals surface area contributed by atoms with Gasteiger partial charge in [-0.05, 0) is 22.3 Å². The maximum absolute atomic E-state index is 3.51. The predicted molar refractivity (Wildman–Crippen MR) is 49.1 cm³/mol. The van der Waals surface area contributed by atoms with Gasteiger partial charge in [0, 0.05) is 10.5 Å². The number of aromatic nitrogens is 2. The van der Waals surface area contributed by atoms with Gasteiger partial charge in [-0.25, -0.2) is 0 Å². The molecule has 2 nitrogen and oxygen atoms in total. The number of rotatable bonds is 0. The molecule has 2 rings (SSSR count). The lowest BCUT2D eigenvalue weighted by molar-refractivity contribution is 1.16. The summed E-state index contributed by atoms with van der Waals surface area (Å²) in [4.78, 5) is 0. The molecule has 2 heterocycles. The molecule has 0 amide bonds.